The van der Waals surface area contributed by atoms with E-state index in [1.165, 1.54) is 24.2 Å². The lowest BCUT2D eigenvalue weighted by Crippen LogP contribution is -2.56. The number of carboxylic acids is 1. The van der Waals surface area contributed by atoms with Gasteiger partial charge in [-0.3, -0.25) is 0 Å². The Morgan fingerprint density at radius 1 is 1.00 bits per heavy atom. The van der Waals surface area contributed by atoms with Gasteiger partial charge < -0.3 is 20.0 Å². The Hall–Kier alpha value is -1.30. The van der Waals surface area contributed by atoms with Gasteiger partial charge in [-0.25, -0.2) is 9.59 Å². The summed E-state index contributed by atoms with van der Waals surface area (Å²) in [6.07, 6.45) is 6.20. The van der Waals surface area contributed by atoms with Crippen molar-refractivity contribution in [3.05, 3.63) is 0 Å². The number of rotatable bonds is 1. The number of amides is 2. The lowest BCUT2D eigenvalue weighted by Gasteiger charge is -2.45. The molecular formula is C15H24N2O4. The van der Waals surface area contributed by atoms with Crippen LogP contribution < -0.4 is 0 Å². The van der Waals surface area contributed by atoms with Gasteiger partial charge in [-0.05, 0) is 31.6 Å². The maximum atomic E-state index is 12.8. The minimum absolute atomic E-state index is 0.142. The number of piperidine rings is 1. The first-order valence-corrected chi connectivity index (χ1v) is 8.06. The number of carbonyl (C=O) groups is 2. The minimum Gasteiger partial charge on any atom is -0.480 e. The number of aliphatic hydroxyl groups is 1. The Morgan fingerprint density at radius 2 is 1.71 bits per heavy atom. The Kier molecular flexibility index (Phi) is 4.06. The molecule has 2 heterocycles. The molecule has 1 saturated carbocycles. The van der Waals surface area contributed by atoms with Gasteiger partial charge in [0.15, 0.2) is 0 Å². The second kappa shape index (κ2) is 5.83. The molecule has 3 fully saturated rings. The van der Waals surface area contributed by atoms with Crippen molar-refractivity contribution in [3.8, 4) is 0 Å². The fourth-order valence-electron chi connectivity index (χ4n) is 4.29. The second-order valence-corrected chi connectivity index (χ2v) is 6.63. The van der Waals surface area contributed by atoms with E-state index in [4.69, 9.17) is 0 Å². The Bertz CT molecular complexity index is 426. The zero-order chi connectivity index (χ0) is 15.0. The van der Waals surface area contributed by atoms with E-state index in [9.17, 15) is 19.8 Å². The van der Waals surface area contributed by atoms with Crippen LogP contribution in [-0.2, 0) is 4.79 Å². The van der Waals surface area contributed by atoms with Crippen LogP contribution in [0.15, 0.2) is 0 Å². The number of carboxylic acid groups (broad SMARTS) is 1. The van der Waals surface area contributed by atoms with Crippen molar-refractivity contribution in [3.63, 3.8) is 0 Å². The van der Waals surface area contributed by atoms with Crippen LogP contribution in [0.2, 0.25) is 0 Å². The molecule has 0 aromatic heterocycles. The maximum Gasteiger partial charge on any atom is 0.326 e. The van der Waals surface area contributed by atoms with Gasteiger partial charge in [0.25, 0.3) is 0 Å². The van der Waals surface area contributed by atoms with Crippen LogP contribution in [0.1, 0.15) is 44.9 Å². The molecule has 21 heavy (non-hydrogen) atoms. The molecule has 6 heteroatoms. The van der Waals surface area contributed by atoms with Crippen LogP contribution in [0.5, 0.6) is 0 Å². The topological polar surface area (TPSA) is 81.1 Å². The van der Waals surface area contributed by atoms with E-state index in [0.717, 1.165) is 25.8 Å². The fourth-order valence-corrected chi connectivity index (χ4v) is 4.29. The molecule has 0 aromatic carbocycles. The molecule has 2 aliphatic heterocycles. The van der Waals surface area contributed by atoms with Crippen LogP contribution >= 0.6 is 0 Å². The van der Waals surface area contributed by atoms with E-state index in [1.54, 1.807) is 0 Å². The van der Waals surface area contributed by atoms with Crippen molar-refractivity contribution in [2.45, 2.75) is 63.1 Å². The molecule has 0 spiro atoms. The highest BCUT2D eigenvalue weighted by Crippen LogP contribution is 2.36. The average molecular weight is 296 g/mol. The minimum atomic E-state index is -1.02. The van der Waals surface area contributed by atoms with Gasteiger partial charge in [0.05, 0.1) is 6.10 Å². The van der Waals surface area contributed by atoms with Crippen molar-refractivity contribution in [1.82, 2.24) is 9.80 Å². The fraction of sp³-hybridized carbons (Fsp3) is 0.867. The SMILES string of the molecule is O=C(O)[C@@H]1C[C@H](O)CN1C(=O)N1CCCC2CCCCC21. The first-order valence-electron chi connectivity index (χ1n) is 8.06. The molecule has 2 unspecified atom stereocenters. The van der Waals surface area contributed by atoms with E-state index in [1.807, 2.05) is 4.90 Å². The number of fused-ring (bicyclic) bond motifs is 1. The van der Waals surface area contributed by atoms with Gasteiger partial charge in [0.2, 0.25) is 0 Å². The maximum absolute atomic E-state index is 12.8. The summed E-state index contributed by atoms with van der Waals surface area (Å²) in [7, 11) is 0. The smallest absolute Gasteiger partial charge is 0.326 e. The van der Waals surface area contributed by atoms with Crippen LogP contribution in [0.25, 0.3) is 0 Å². The highest BCUT2D eigenvalue weighted by Gasteiger charge is 2.44. The van der Waals surface area contributed by atoms with Crippen molar-refractivity contribution < 1.29 is 19.8 Å². The van der Waals surface area contributed by atoms with Gasteiger partial charge in [-0.2, -0.15) is 0 Å². The zero-order valence-electron chi connectivity index (χ0n) is 12.3. The third kappa shape index (κ3) is 2.73. The summed E-state index contributed by atoms with van der Waals surface area (Å²) in [6, 6.07) is -0.792. The first-order chi connectivity index (χ1) is 10.1. The number of likely N-dealkylation sites (tertiary alicyclic amines) is 2. The summed E-state index contributed by atoms with van der Waals surface area (Å²) < 4.78 is 0. The number of carbonyl (C=O) groups excluding carboxylic acids is 1. The number of urea groups is 1. The number of hydrogen-bond donors (Lipinski definition) is 2. The molecule has 1 aliphatic carbocycles. The second-order valence-electron chi connectivity index (χ2n) is 6.63. The first kappa shape index (κ1) is 14.6. The van der Waals surface area contributed by atoms with Crippen LogP contribution in [0, 0.1) is 5.92 Å². The third-order valence-corrected chi connectivity index (χ3v) is 5.30. The van der Waals surface area contributed by atoms with E-state index < -0.39 is 18.1 Å². The number of hydrogen-bond acceptors (Lipinski definition) is 3. The van der Waals surface area contributed by atoms with Gasteiger partial charge in [-0.1, -0.05) is 12.8 Å². The predicted octanol–water partition coefficient (Wildman–Crippen LogP) is 1.28. The standard InChI is InChI=1S/C15H24N2O4/c18-11-8-13(14(19)20)17(9-11)15(21)16-7-3-5-10-4-1-2-6-12(10)16/h10-13,18H,1-9H2,(H,19,20)/t10?,11-,12?,13-/m0/s1. The molecule has 0 aromatic rings. The molecule has 4 atom stereocenters. The molecule has 3 rings (SSSR count). The molecule has 2 saturated heterocycles. The molecule has 2 N–H and O–H groups in total. The summed E-state index contributed by atoms with van der Waals surface area (Å²) in [4.78, 5) is 27.4. The monoisotopic (exact) mass is 296 g/mol. The van der Waals surface area contributed by atoms with Crippen LogP contribution in [0.3, 0.4) is 0 Å². The largest absolute Gasteiger partial charge is 0.480 e. The number of aliphatic carboxylic acids is 1. The van der Waals surface area contributed by atoms with Crippen LogP contribution in [-0.4, -0.2) is 63.3 Å². The summed E-state index contributed by atoms with van der Waals surface area (Å²) in [5.41, 5.74) is 0. The van der Waals surface area contributed by atoms with Crippen molar-refractivity contribution >= 4 is 12.0 Å². The molecule has 118 valence electrons. The molecule has 6 nitrogen and oxygen atoms in total. The van der Waals surface area contributed by atoms with Crippen molar-refractivity contribution in [2.24, 2.45) is 5.92 Å². The number of β-amino-alcohol motifs (C(OH)–C–C–N with tert-alkyl or cyclic N) is 1. The Morgan fingerprint density at radius 3 is 2.48 bits per heavy atom. The molecule has 3 aliphatic rings. The van der Waals surface area contributed by atoms with E-state index in [-0.39, 0.29) is 25.0 Å². The van der Waals surface area contributed by atoms with E-state index in [0.29, 0.717) is 5.92 Å². The quantitative estimate of drug-likeness (QED) is 0.764. The van der Waals surface area contributed by atoms with Crippen LogP contribution in [0.4, 0.5) is 4.79 Å². The molecule has 2 amide bonds. The predicted molar refractivity (Wildman–Crippen MR) is 75.8 cm³/mol. The van der Waals surface area contributed by atoms with Crippen molar-refractivity contribution in [2.75, 3.05) is 13.1 Å². The number of aliphatic hydroxyl groups excluding tert-OH is 1. The van der Waals surface area contributed by atoms with Crippen molar-refractivity contribution in [1.29, 1.82) is 0 Å². The Balaban J connectivity index is 1.75. The average Bonchev–Trinajstić information content (AvgIpc) is 2.88. The number of nitrogens with zero attached hydrogens (tertiary/aromatic N) is 2. The summed E-state index contributed by atoms with van der Waals surface area (Å²) in [5, 5.41) is 19.0. The van der Waals surface area contributed by atoms with E-state index in [2.05, 4.69) is 0 Å². The highest BCUT2D eigenvalue weighted by atomic mass is 16.4. The lowest BCUT2D eigenvalue weighted by molar-refractivity contribution is -0.141. The van der Waals surface area contributed by atoms with Gasteiger partial charge >= 0.3 is 12.0 Å². The Labute approximate surface area is 124 Å². The summed E-state index contributed by atoms with van der Waals surface area (Å²) in [5.74, 6) is -0.440. The zero-order valence-corrected chi connectivity index (χ0v) is 12.3. The normalized spacial score (nSPS) is 36.4. The molecule has 0 radical (unpaired) electrons. The third-order valence-electron chi connectivity index (χ3n) is 5.30. The molecule has 0 bridgehead atoms. The van der Waals surface area contributed by atoms with Gasteiger partial charge in [0, 0.05) is 25.6 Å². The van der Waals surface area contributed by atoms with E-state index >= 15 is 0 Å². The van der Waals surface area contributed by atoms with Gasteiger partial charge in [-0.15, -0.1) is 0 Å². The highest BCUT2D eigenvalue weighted by molar-refractivity contribution is 5.83. The summed E-state index contributed by atoms with van der Waals surface area (Å²) in [6.45, 7) is 0.864. The molecular weight excluding hydrogens is 272 g/mol. The lowest BCUT2D eigenvalue weighted by atomic mass is 9.78. The van der Waals surface area contributed by atoms with Gasteiger partial charge in [0.1, 0.15) is 6.04 Å². The summed E-state index contributed by atoms with van der Waals surface area (Å²) >= 11 is 0.